The van der Waals surface area contributed by atoms with Crippen LogP contribution in [-0.4, -0.2) is 41.0 Å². The summed E-state index contributed by atoms with van der Waals surface area (Å²) >= 11 is 0. The minimum absolute atomic E-state index is 0.0168. The first kappa shape index (κ1) is 16.4. The van der Waals surface area contributed by atoms with Crippen LogP contribution in [0.5, 0.6) is 11.5 Å². The first-order chi connectivity index (χ1) is 12.8. The predicted molar refractivity (Wildman–Crippen MR) is 98.3 cm³/mol. The molecule has 0 bridgehead atoms. The Morgan fingerprint density at radius 1 is 1.19 bits per heavy atom. The highest BCUT2D eigenvalue weighted by Crippen LogP contribution is 2.32. The van der Waals surface area contributed by atoms with E-state index in [-0.39, 0.29) is 18.6 Å². The number of benzene rings is 2. The van der Waals surface area contributed by atoms with Crippen molar-refractivity contribution >= 4 is 16.9 Å². The molecule has 1 amide bonds. The summed E-state index contributed by atoms with van der Waals surface area (Å²) in [4.78, 5) is 22.6. The van der Waals surface area contributed by atoms with Crippen LogP contribution in [0.3, 0.4) is 0 Å². The van der Waals surface area contributed by atoms with Crippen LogP contribution in [0.2, 0.25) is 0 Å². The maximum atomic E-state index is 12.7. The number of amides is 1. The highest BCUT2D eigenvalue weighted by atomic mass is 16.5. The highest BCUT2D eigenvalue weighted by Gasteiger charge is 2.32. The van der Waals surface area contributed by atoms with Crippen molar-refractivity contribution in [2.24, 2.45) is 0 Å². The van der Waals surface area contributed by atoms with E-state index in [0.29, 0.717) is 11.5 Å². The molecule has 6 nitrogen and oxygen atoms in total. The van der Waals surface area contributed by atoms with Crippen LogP contribution in [-0.2, 0) is 4.79 Å². The maximum Gasteiger partial charge on any atom is 0.261 e. The molecular weight excluding hydrogens is 330 g/mol. The number of carbonyl (C=O) groups excluding carboxylic acids is 1. The Balaban J connectivity index is 1.48. The van der Waals surface area contributed by atoms with Crippen molar-refractivity contribution in [2.75, 3.05) is 20.3 Å². The van der Waals surface area contributed by atoms with Crippen molar-refractivity contribution in [3.63, 3.8) is 0 Å². The lowest BCUT2D eigenvalue weighted by Gasteiger charge is -2.23. The number of nitrogens with zero attached hydrogens (tertiary/aromatic N) is 2. The maximum absolute atomic E-state index is 12.7. The lowest BCUT2D eigenvalue weighted by atomic mass is 10.2. The molecular formula is C20H21N3O3. The van der Waals surface area contributed by atoms with Gasteiger partial charge in [0.25, 0.3) is 5.91 Å². The topological polar surface area (TPSA) is 67.5 Å². The Bertz CT molecular complexity index is 888. The number of aromatic nitrogens is 2. The van der Waals surface area contributed by atoms with E-state index < -0.39 is 0 Å². The molecule has 1 aliphatic heterocycles. The molecule has 2 heterocycles. The van der Waals surface area contributed by atoms with Crippen molar-refractivity contribution in [2.45, 2.75) is 18.9 Å². The SMILES string of the molecule is COc1ccccc1OCC(=O)N1CCCC1c1nc2ccccc2[nH]1. The average Bonchev–Trinajstić information content (AvgIpc) is 3.32. The average molecular weight is 351 g/mol. The van der Waals surface area contributed by atoms with E-state index in [1.165, 1.54) is 0 Å². The molecule has 1 saturated heterocycles. The van der Waals surface area contributed by atoms with Gasteiger partial charge in [-0.3, -0.25) is 4.79 Å². The van der Waals surface area contributed by atoms with Crippen molar-refractivity contribution in [3.05, 3.63) is 54.4 Å². The number of likely N-dealkylation sites (tertiary alicyclic amines) is 1. The summed E-state index contributed by atoms with van der Waals surface area (Å²) in [6.07, 6.45) is 1.86. The van der Waals surface area contributed by atoms with Crippen molar-refractivity contribution < 1.29 is 14.3 Å². The second kappa shape index (κ2) is 7.07. The van der Waals surface area contributed by atoms with E-state index in [0.717, 1.165) is 36.2 Å². The molecule has 0 radical (unpaired) electrons. The largest absolute Gasteiger partial charge is 0.493 e. The molecule has 1 aromatic heterocycles. The Kier molecular flexibility index (Phi) is 4.48. The first-order valence-electron chi connectivity index (χ1n) is 8.76. The normalized spacial score (nSPS) is 16.8. The summed E-state index contributed by atoms with van der Waals surface area (Å²) in [5.41, 5.74) is 1.92. The quantitative estimate of drug-likeness (QED) is 0.766. The molecule has 0 saturated carbocycles. The Morgan fingerprint density at radius 3 is 2.77 bits per heavy atom. The molecule has 1 atom stereocenters. The number of para-hydroxylation sites is 4. The van der Waals surface area contributed by atoms with Crippen LogP contribution in [0.15, 0.2) is 48.5 Å². The summed E-state index contributed by atoms with van der Waals surface area (Å²) in [5, 5.41) is 0. The number of carbonyl (C=O) groups is 1. The number of aromatic amines is 1. The molecule has 1 unspecified atom stereocenters. The van der Waals surface area contributed by atoms with Gasteiger partial charge in [0, 0.05) is 6.54 Å². The smallest absolute Gasteiger partial charge is 0.261 e. The van der Waals surface area contributed by atoms with Gasteiger partial charge in [0.2, 0.25) is 0 Å². The predicted octanol–water partition coefficient (Wildman–Crippen LogP) is 3.31. The van der Waals surface area contributed by atoms with Crippen molar-refractivity contribution in [1.29, 1.82) is 0 Å². The zero-order valence-electron chi connectivity index (χ0n) is 14.6. The third-order valence-electron chi connectivity index (χ3n) is 4.72. The molecule has 4 rings (SSSR count). The second-order valence-electron chi connectivity index (χ2n) is 6.32. The fourth-order valence-electron chi connectivity index (χ4n) is 3.44. The zero-order valence-corrected chi connectivity index (χ0v) is 14.6. The number of ether oxygens (including phenoxy) is 2. The van der Waals surface area contributed by atoms with Gasteiger partial charge < -0.3 is 19.4 Å². The number of imidazole rings is 1. The Hall–Kier alpha value is -3.02. The third-order valence-corrected chi connectivity index (χ3v) is 4.72. The lowest BCUT2D eigenvalue weighted by Crippen LogP contribution is -2.34. The minimum atomic E-state index is -0.0427. The number of hydrogen-bond donors (Lipinski definition) is 1. The van der Waals surface area contributed by atoms with Gasteiger partial charge in [-0.1, -0.05) is 24.3 Å². The summed E-state index contributed by atoms with van der Waals surface area (Å²) in [6.45, 7) is 0.701. The molecule has 2 aromatic carbocycles. The number of rotatable bonds is 5. The monoisotopic (exact) mass is 351 g/mol. The third kappa shape index (κ3) is 3.10. The molecule has 1 fully saturated rings. The van der Waals surface area contributed by atoms with Gasteiger partial charge in [0.1, 0.15) is 5.82 Å². The van der Waals surface area contributed by atoms with Gasteiger partial charge in [0.05, 0.1) is 24.2 Å². The molecule has 1 aliphatic rings. The van der Waals surface area contributed by atoms with Gasteiger partial charge in [-0.2, -0.15) is 0 Å². The summed E-state index contributed by atoms with van der Waals surface area (Å²) < 4.78 is 11.0. The van der Waals surface area contributed by atoms with E-state index in [1.54, 1.807) is 13.2 Å². The van der Waals surface area contributed by atoms with Crippen LogP contribution in [0.4, 0.5) is 0 Å². The highest BCUT2D eigenvalue weighted by molar-refractivity contribution is 5.79. The van der Waals surface area contributed by atoms with E-state index in [1.807, 2.05) is 47.4 Å². The molecule has 26 heavy (non-hydrogen) atoms. The van der Waals surface area contributed by atoms with Crippen LogP contribution < -0.4 is 9.47 Å². The van der Waals surface area contributed by atoms with Gasteiger partial charge in [-0.25, -0.2) is 4.98 Å². The van der Waals surface area contributed by atoms with Crippen LogP contribution >= 0.6 is 0 Å². The van der Waals surface area contributed by atoms with Gasteiger partial charge in [-0.15, -0.1) is 0 Å². The molecule has 3 aromatic rings. The van der Waals surface area contributed by atoms with Crippen LogP contribution in [0.25, 0.3) is 11.0 Å². The van der Waals surface area contributed by atoms with Gasteiger partial charge in [-0.05, 0) is 37.1 Å². The van der Waals surface area contributed by atoms with Crippen LogP contribution in [0.1, 0.15) is 24.7 Å². The van der Waals surface area contributed by atoms with Crippen LogP contribution in [0, 0.1) is 0 Å². The summed E-state index contributed by atoms with van der Waals surface area (Å²) in [5.74, 6) is 1.99. The van der Waals surface area contributed by atoms with Gasteiger partial charge in [0.15, 0.2) is 18.1 Å². The molecule has 0 aliphatic carbocycles. The summed E-state index contributed by atoms with van der Waals surface area (Å²) in [7, 11) is 1.59. The standard InChI is InChI=1S/C20H21N3O3/c1-25-17-10-4-5-11-18(17)26-13-19(24)23-12-6-9-16(23)20-21-14-7-2-3-8-15(14)22-20/h2-5,7-8,10-11,16H,6,9,12-13H2,1H3,(H,21,22). The zero-order chi connectivity index (χ0) is 17.9. The molecule has 0 spiro atoms. The van der Waals surface area contributed by atoms with Gasteiger partial charge >= 0.3 is 0 Å². The van der Waals surface area contributed by atoms with E-state index in [4.69, 9.17) is 9.47 Å². The molecule has 6 heteroatoms. The Labute approximate surface area is 151 Å². The minimum Gasteiger partial charge on any atom is -0.493 e. The Morgan fingerprint density at radius 2 is 1.96 bits per heavy atom. The first-order valence-corrected chi connectivity index (χ1v) is 8.76. The van der Waals surface area contributed by atoms with Crippen molar-refractivity contribution in [3.8, 4) is 11.5 Å². The number of fused-ring (bicyclic) bond motifs is 1. The lowest BCUT2D eigenvalue weighted by molar-refractivity contribution is -0.134. The van der Waals surface area contributed by atoms with Crippen molar-refractivity contribution in [1.82, 2.24) is 14.9 Å². The molecule has 1 N–H and O–H groups in total. The number of methoxy groups -OCH3 is 1. The number of nitrogens with one attached hydrogen (secondary N) is 1. The molecule has 134 valence electrons. The number of hydrogen-bond acceptors (Lipinski definition) is 4. The van der Waals surface area contributed by atoms with E-state index in [2.05, 4.69) is 9.97 Å². The fraction of sp³-hybridized carbons (Fsp3) is 0.300. The van der Waals surface area contributed by atoms with E-state index >= 15 is 0 Å². The fourth-order valence-corrected chi connectivity index (χ4v) is 3.44. The van der Waals surface area contributed by atoms with E-state index in [9.17, 15) is 4.79 Å². The number of H-pyrrole nitrogens is 1. The summed E-state index contributed by atoms with van der Waals surface area (Å²) in [6, 6.07) is 15.2. The second-order valence-corrected chi connectivity index (χ2v) is 6.32.